The van der Waals surface area contributed by atoms with Gasteiger partial charge in [0.05, 0.1) is 20.2 Å². The highest BCUT2D eigenvalue weighted by atomic mass is 16.5. The zero-order chi connectivity index (χ0) is 18.5. The summed E-state index contributed by atoms with van der Waals surface area (Å²) in [7, 11) is 1.59. The molecule has 1 saturated heterocycles. The van der Waals surface area contributed by atoms with Gasteiger partial charge in [-0.15, -0.1) is 0 Å². The Morgan fingerprint density at radius 3 is 2.65 bits per heavy atom. The molecule has 0 aliphatic carbocycles. The van der Waals surface area contributed by atoms with Gasteiger partial charge in [-0.05, 0) is 24.1 Å². The topological polar surface area (TPSA) is 70.1 Å². The lowest BCUT2D eigenvalue weighted by Crippen LogP contribution is -2.58. The first-order valence-electron chi connectivity index (χ1n) is 8.51. The van der Waals surface area contributed by atoms with Crippen LogP contribution in [-0.2, 0) is 16.0 Å². The minimum absolute atomic E-state index is 0.0719. The number of amides is 1. The smallest absolute Gasteiger partial charge is 0.317 e. The van der Waals surface area contributed by atoms with Crippen molar-refractivity contribution in [2.45, 2.75) is 12.5 Å². The van der Waals surface area contributed by atoms with Crippen LogP contribution in [0.5, 0.6) is 5.75 Å². The van der Waals surface area contributed by atoms with Crippen molar-refractivity contribution in [1.29, 1.82) is 0 Å². The van der Waals surface area contributed by atoms with Crippen LogP contribution < -0.4 is 9.64 Å². The van der Waals surface area contributed by atoms with Gasteiger partial charge in [-0.2, -0.15) is 0 Å². The molecule has 1 unspecified atom stereocenters. The predicted octanol–water partition coefficient (Wildman–Crippen LogP) is 2.04. The van der Waals surface area contributed by atoms with Crippen LogP contribution in [0.2, 0.25) is 0 Å². The molecule has 1 heterocycles. The molecule has 26 heavy (non-hydrogen) atoms. The molecule has 1 aliphatic rings. The number of benzene rings is 2. The maximum Gasteiger partial charge on any atom is 0.317 e. The SMILES string of the molecule is COc1cccc(N2CC(Cc3ccccc3)N(CC(=O)O)CC2=O)c1. The molecule has 0 aromatic heterocycles. The Morgan fingerprint density at radius 2 is 1.96 bits per heavy atom. The molecule has 0 bridgehead atoms. The van der Waals surface area contributed by atoms with Crippen molar-refractivity contribution in [3.8, 4) is 5.75 Å². The molecule has 0 saturated carbocycles. The van der Waals surface area contributed by atoms with E-state index in [1.54, 1.807) is 16.9 Å². The number of nitrogens with zero attached hydrogens (tertiary/aromatic N) is 2. The Labute approximate surface area is 152 Å². The van der Waals surface area contributed by atoms with Gasteiger partial charge in [0.2, 0.25) is 5.91 Å². The molecule has 1 N–H and O–H groups in total. The summed E-state index contributed by atoms with van der Waals surface area (Å²) in [5.74, 6) is -0.350. The Kier molecular flexibility index (Phi) is 5.53. The van der Waals surface area contributed by atoms with Crippen LogP contribution >= 0.6 is 0 Å². The lowest BCUT2D eigenvalue weighted by atomic mass is 10.0. The van der Waals surface area contributed by atoms with Crippen molar-refractivity contribution < 1.29 is 19.4 Å². The molecule has 1 amide bonds. The maximum absolute atomic E-state index is 12.6. The second-order valence-corrected chi connectivity index (χ2v) is 6.35. The molecule has 136 valence electrons. The van der Waals surface area contributed by atoms with Crippen LogP contribution in [-0.4, -0.2) is 54.7 Å². The number of methoxy groups -OCH3 is 1. The lowest BCUT2D eigenvalue weighted by molar-refractivity contribution is -0.139. The molecule has 2 aromatic rings. The van der Waals surface area contributed by atoms with E-state index < -0.39 is 5.97 Å². The van der Waals surface area contributed by atoms with Crippen molar-refractivity contribution in [2.24, 2.45) is 0 Å². The number of anilines is 1. The highest BCUT2D eigenvalue weighted by Gasteiger charge is 2.34. The minimum Gasteiger partial charge on any atom is -0.497 e. The monoisotopic (exact) mass is 354 g/mol. The lowest BCUT2D eigenvalue weighted by Gasteiger charge is -2.40. The number of ether oxygens (including phenoxy) is 1. The normalized spacial score (nSPS) is 18.0. The van der Waals surface area contributed by atoms with Crippen molar-refractivity contribution in [1.82, 2.24) is 4.90 Å². The van der Waals surface area contributed by atoms with E-state index >= 15 is 0 Å². The van der Waals surface area contributed by atoms with Crippen molar-refractivity contribution in [2.75, 3.05) is 31.6 Å². The van der Waals surface area contributed by atoms with Crippen molar-refractivity contribution in [3.05, 3.63) is 60.2 Å². The van der Waals surface area contributed by atoms with Crippen molar-refractivity contribution >= 4 is 17.6 Å². The van der Waals surface area contributed by atoms with Crippen molar-refractivity contribution in [3.63, 3.8) is 0 Å². The number of carboxylic acids is 1. The quantitative estimate of drug-likeness (QED) is 0.860. The summed E-state index contributed by atoms with van der Waals surface area (Å²) in [6.07, 6.45) is 0.682. The van der Waals surface area contributed by atoms with Gasteiger partial charge in [0, 0.05) is 24.3 Å². The van der Waals surface area contributed by atoms with Gasteiger partial charge < -0.3 is 14.7 Å². The third kappa shape index (κ3) is 4.21. The van der Waals surface area contributed by atoms with Gasteiger partial charge in [0.25, 0.3) is 0 Å². The van der Waals surface area contributed by atoms with Crippen LogP contribution in [0, 0.1) is 0 Å². The molecule has 6 nitrogen and oxygen atoms in total. The number of carboxylic acid groups (broad SMARTS) is 1. The number of aliphatic carboxylic acids is 1. The predicted molar refractivity (Wildman–Crippen MR) is 98.5 cm³/mol. The minimum atomic E-state index is -0.925. The second-order valence-electron chi connectivity index (χ2n) is 6.35. The zero-order valence-corrected chi connectivity index (χ0v) is 14.7. The molecule has 0 radical (unpaired) electrons. The van der Waals surface area contributed by atoms with E-state index in [2.05, 4.69) is 0 Å². The molecular weight excluding hydrogens is 332 g/mol. The van der Waals surface area contributed by atoms with E-state index in [0.29, 0.717) is 18.7 Å². The van der Waals surface area contributed by atoms with E-state index in [-0.39, 0.29) is 25.0 Å². The van der Waals surface area contributed by atoms with Gasteiger partial charge in [-0.1, -0.05) is 36.4 Å². The molecule has 6 heteroatoms. The number of carbonyl (C=O) groups excluding carboxylic acids is 1. The highest BCUT2D eigenvalue weighted by Crippen LogP contribution is 2.25. The summed E-state index contributed by atoms with van der Waals surface area (Å²) in [6, 6.07) is 17.2. The number of carbonyl (C=O) groups is 2. The summed E-state index contributed by atoms with van der Waals surface area (Å²) < 4.78 is 5.25. The zero-order valence-electron chi connectivity index (χ0n) is 14.7. The van der Waals surface area contributed by atoms with Gasteiger partial charge in [-0.25, -0.2) is 0 Å². The van der Waals surface area contributed by atoms with E-state index in [1.165, 1.54) is 0 Å². The van der Waals surface area contributed by atoms with E-state index in [0.717, 1.165) is 11.3 Å². The molecular formula is C20H22N2O4. The fourth-order valence-corrected chi connectivity index (χ4v) is 3.28. The highest BCUT2D eigenvalue weighted by molar-refractivity contribution is 5.96. The van der Waals surface area contributed by atoms with Gasteiger partial charge in [0.15, 0.2) is 0 Å². The maximum atomic E-state index is 12.6. The van der Waals surface area contributed by atoms with Gasteiger partial charge >= 0.3 is 5.97 Å². The first-order chi connectivity index (χ1) is 12.6. The van der Waals surface area contributed by atoms with Crippen LogP contribution in [0.4, 0.5) is 5.69 Å². The first-order valence-corrected chi connectivity index (χ1v) is 8.51. The third-order valence-corrected chi connectivity index (χ3v) is 4.57. The van der Waals surface area contributed by atoms with Gasteiger partial charge in [-0.3, -0.25) is 14.5 Å². The standard InChI is InChI=1S/C20H22N2O4/c1-26-18-9-5-8-16(11-18)22-12-17(10-15-6-3-2-4-7-15)21(13-19(22)23)14-20(24)25/h2-9,11,17H,10,12-14H2,1H3,(H,24,25). The van der Waals surface area contributed by atoms with Crippen LogP contribution in [0.25, 0.3) is 0 Å². The van der Waals surface area contributed by atoms with Gasteiger partial charge in [0.1, 0.15) is 5.75 Å². The van der Waals surface area contributed by atoms with E-state index in [9.17, 15) is 14.7 Å². The molecule has 1 aliphatic heterocycles. The molecule has 1 fully saturated rings. The van der Waals surface area contributed by atoms with E-state index in [4.69, 9.17) is 4.74 Å². The average Bonchev–Trinajstić information content (AvgIpc) is 2.64. The van der Waals surface area contributed by atoms with Crippen LogP contribution in [0.3, 0.4) is 0 Å². The third-order valence-electron chi connectivity index (χ3n) is 4.57. The fourth-order valence-electron chi connectivity index (χ4n) is 3.28. The molecule has 0 spiro atoms. The molecule has 3 rings (SSSR count). The molecule has 1 atom stereocenters. The second kappa shape index (κ2) is 8.01. The summed E-state index contributed by atoms with van der Waals surface area (Å²) >= 11 is 0. The Balaban J connectivity index is 1.84. The Morgan fingerprint density at radius 1 is 1.19 bits per heavy atom. The van der Waals surface area contributed by atoms with E-state index in [1.807, 2.05) is 54.6 Å². The number of rotatable bonds is 6. The van der Waals surface area contributed by atoms with Crippen LogP contribution in [0.1, 0.15) is 5.56 Å². The Bertz CT molecular complexity index is 778. The average molecular weight is 354 g/mol. The number of hydrogen-bond acceptors (Lipinski definition) is 4. The first kappa shape index (κ1) is 17.9. The Hall–Kier alpha value is -2.86. The van der Waals surface area contributed by atoms with Crippen LogP contribution in [0.15, 0.2) is 54.6 Å². The number of piperazine rings is 1. The summed E-state index contributed by atoms with van der Waals surface area (Å²) in [6.45, 7) is 0.379. The summed E-state index contributed by atoms with van der Waals surface area (Å²) in [4.78, 5) is 27.3. The fraction of sp³-hybridized carbons (Fsp3) is 0.300. The summed E-state index contributed by atoms with van der Waals surface area (Å²) in [5, 5.41) is 9.20. The summed E-state index contributed by atoms with van der Waals surface area (Å²) in [5.41, 5.74) is 1.88. The largest absolute Gasteiger partial charge is 0.497 e. The molecule has 2 aromatic carbocycles. The number of hydrogen-bond donors (Lipinski definition) is 1.